The van der Waals surface area contributed by atoms with Crippen molar-refractivity contribution in [3.8, 4) is 0 Å². The third kappa shape index (κ3) is 2.80. The van der Waals surface area contributed by atoms with Gasteiger partial charge in [0.25, 0.3) is 0 Å². The van der Waals surface area contributed by atoms with E-state index < -0.39 is 5.97 Å². The molecule has 1 aromatic carbocycles. The lowest BCUT2D eigenvalue weighted by molar-refractivity contribution is 0.0697. The lowest BCUT2D eigenvalue weighted by atomic mass is 10.1. The molecular weight excluding hydrogens is 244 g/mol. The number of hydrogen-bond donors (Lipinski definition) is 1. The van der Waals surface area contributed by atoms with Crippen molar-refractivity contribution in [1.82, 2.24) is 9.36 Å². The highest BCUT2D eigenvalue weighted by molar-refractivity contribution is 8.00. The van der Waals surface area contributed by atoms with E-state index in [1.807, 2.05) is 6.07 Å². The van der Waals surface area contributed by atoms with E-state index in [4.69, 9.17) is 5.11 Å². The Morgan fingerprint density at radius 1 is 1.50 bits per heavy atom. The zero-order valence-electron chi connectivity index (χ0n) is 8.16. The predicted molar refractivity (Wildman–Crippen MR) is 62.9 cm³/mol. The highest BCUT2D eigenvalue weighted by Gasteiger charge is 2.04. The van der Waals surface area contributed by atoms with Crippen LogP contribution in [0.2, 0.25) is 0 Å². The molecule has 0 aliphatic heterocycles. The van der Waals surface area contributed by atoms with E-state index in [1.54, 1.807) is 30.0 Å². The minimum atomic E-state index is -0.900. The molecule has 0 fully saturated rings. The summed E-state index contributed by atoms with van der Waals surface area (Å²) in [5.41, 5.74) is 1.29. The fourth-order valence-corrected chi connectivity index (χ4v) is 2.55. The monoisotopic (exact) mass is 252 g/mol. The molecule has 1 heterocycles. The van der Waals surface area contributed by atoms with Crippen LogP contribution in [0.4, 0.5) is 0 Å². The van der Waals surface area contributed by atoms with Gasteiger partial charge in [-0.05, 0) is 29.2 Å². The van der Waals surface area contributed by atoms with Gasteiger partial charge in [-0.3, -0.25) is 0 Å². The van der Waals surface area contributed by atoms with Gasteiger partial charge in [-0.15, -0.1) is 0 Å². The molecule has 16 heavy (non-hydrogen) atoms. The van der Waals surface area contributed by atoms with E-state index in [0.717, 1.165) is 9.90 Å². The Morgan fingerprint density at radius 3 is 3.06 bits per heavy atom. The molecule has 0 atom stereocenters. The van der Waals surface area contributed by atoms with Gasteiger partial charge in [0.15, 0.2) is 4.34 Å². The summed E-state index contributed by atoms with van der Waals surface area (Å²) in [6.07, 6.45) is 1.51. The van der Waals surface area contributed by atoms with Gasteiger partial charge in [0.2, 0.25) is 0 Å². The standard InChI is InChI=1S/C10H8N2O2S2/c13-9(14)8-3-1-2-7(4-8)5-15-10-11-6-12-16-10/h1-4,6H,5H2,(H,13,14). The van der Waals surface area contributed by atoms with Crippen LogP contribution in [-0.4, -0.2) is 20.4 Å². The highest BCUT2D eigenvalue weighted by Crippen LogP contribution is 2.23. The molecule has 1 aromatic heterocycles. The molecular formula is C10H8N2O2S2. The molecule has 0 aliphatic carbocycles. The first kappa shape index (κ1) is 11.1. The van der Waals surface area contributed by atoms with Crippen molar-refractivity contribution < 1.29 is 9.90 Å². The molecule has 0 bridgehead atoms. The third-order valence-corrected chi connectivity index (χ3v) is 3.75. The number of benzene rings is 1. The Balaban J connectivity index is 2.04. The predicted octanol–water partition coefficient (Wildman–Crippen LogP) is 2.53. The quantitative estimate of drug-likeness (QED) is 0.847. The number of thioether (sulfide) groups is 1. The molecule has 0 aliphatic rings. The maximum atomic E-state index is 10.8. The van der Waals surface area contributed by atoms with Gasteiger partial charge in [-0.2, -0.15) is 4.37 Å². The fraction of sp³-hybridized carbons (Fsp3) is 0.100. The zero-order valence-corrected chi connectivity index (χ0v) is 9.79. The lowest BCUT2D eigenvalue weighted by Crippen LogP contribution is -1.96. The van der Waals surface area contributed by atoms with Gasteiger partial charge in [0, 0.05) is 5.75 Å². The topological polar surface area (TPSA) is 63.1 Å². The summed E-state index contributed by atoms with van der Waals surface area (Å²) in [6, 6.07) is 6.91. The van der Waals surface area contributed by atoms with E-state index >= 15 is 0 Å². The minimum absolute atomic E-state index is 0.315. The summed E-state index contributed by atoms with van der Waals surface area (Å²) in [5, 5.41) is 8.83. The number of hydrogen-bond acceptors (Lipinski definition) is 5. The maximum Gasteiger partial charge on any atom is 0.335 e. The molecule has 6 heteroatoms. The van der Waals surface area contributed by atoms with Crippen molar-refractivity contribution >= 4 is 29.3 Å². The van der Waals surface area contributed by atoms with Crippen LogP contribution in [0.1, 0.15) is 15.9 Å². The number of aromatic carboxylic acids is 1. The molecule has 82 valence electrons. The van der Waals surface area contributed by atoms with Crippen LogP contribution in [0.25, 0.3) is 0 Å². The summed E-state index contributed by atoms with van der Waals surface area (Å²) in [6.45, 7) is 0. The van der Waals surface area contributed by atoms with Gasteiger partial charge in [0.05, 0.1) is 5.56 Å². The number of nitrogens with zero attached hydrogens (tertiary/aromatic N) is 2. The molecule has 2 aromatic rings. The minimum Gasteiger partial charge on any atom is -0.478 e. The number of rotatable bonds is 4. The smallest absolute Gasteiger partial charge is 0.335 e. The average Bonchev–Trinajstić information content (AvgIpc) is 2.79. The van der Waals surface area contributed by atoms with Gasteiger partial charge in [-0.25, -0.2) is 9.78 Å². The second-order valence-corrected chi connectivity index (χ2v) is 5.00. The Labute approximate surface area is 101 Å². The van der Waals surface area contributed by atoms with E-state index in [1.165, 1.54) is 17.9 Å². The summed E-state index contributed by atoms with van der Waals surface area (Å²) in [4.78, 5) is 14.8. The van der Waals surface area contributed by atoms with Crippen LogP contribution < -0.4 is 0 Å². The van der Waals surface area contributed by atoms with E-state index in [0.29, 0.717) is 11.3 Å². The molecule has 0 saturated heterocycles. The number of aromatic nitrogens is 2. The summed E-state index contributed by atoms with van der Waals surface area (Å²) in [5.74, 6) is -0.196. The molecule has 1 N–H and O–H groups in total. The van der Waals surface area contributed by atoms with Crippen molar-refractivity contribution in [2.75, 3.05) is 0 Å². The first-order valence-corrected chi connectivity index (χ1v) is 6.23. The van der Waals surface area contributed by atoms with Crippen LogP contribution in [0.15, 0.2) is 34.9 Å². The Kier molecular flexibility index (Phi) is 3.53. The average molecular weight is 252 g/mol. The van der Waals surface area contributed by atoms with Crippen molar-refractivity contribution in [2.45, 2.75) is 10.1 Å². The van der Waals surface area contributed by atoms with Crippen molar-refractivity contribution in [1.29, 1.82) is 0 Å². The van der Waals surface area contributed by atoms with Crippen LogP contribution in [0.3, 0.4) is 0 Å². The zero-order chi connectivity index (χ0) is 11.4. The highest BCUT2D eigenvalue weighted by atomic mass is 32.2. The number of carboxylic acid groups (broad SMARTS) is 1. The van der Waals surface area contributed by atoms with Crippen molar-refractivity contribution in [3.63, 3.8) is 0 Å². The second-order valence-electron chi connectivity index (χ2n) is 3.00. The summed E-state index contributed by atoms with van der Waals surface area (Å²) < 4.78 is 4.79. The molecule has 0 radical (unpaired) electrons. The Bertz CT molecular complexity index is 485. The number of carboxylic acids is 1. The van der Waals surface area contributed by atoms with Gasteiger partial charge in [0.1, 0.15) is 6.33 Å². The largest absolute Gasteiger partial charge is 0.478 e. The van der Waals surface area contributed by atoms with Crippen LogP contribution in [-0.2, 0) is 5.75 Å². The lowest BCUT2D eigenvalue weighted by Gasteiger charge is -2.00. The Hall–Kier alpha value is -1.40. The SMILES string of the molecule is O=C(O)c1cccc(CSc2ncns2)c1. The molecule has 0 unspecified atom stereocenters. The molecule has 0 saturated carbocycles. The van der Waals surface area contributed by atoms with Gasteiger partial charge < -0.3 is 5.11 Å². The Morgan fingerprint density at radius 2 is 2.38 bits per heavy atom. The fourth-order valence-electron chi connectivity index (χ4n) is 1.17. The van der Waals surface area contributed by atoms with Crippen LogP contribution in [0, 0.1) is 0 Å². The molecule has 2 rings (SSSR count). The second kappa shape index (κ2) is 5.09. The van der Waals surface area contributed by atoms with E-state index in [-0.39, 0.29) is 0 Å². The number of carbonyl (C=O) groups is 1. The normalized spacial score (nSPS) is 10.2. The van der Waals surface area contributed by atoms with Crippen molar-refractivity contribution in [3.05, 3.63) is 41.7 Å². The summed E-state index contributed by atoms with van der Waals surface area (Å²) in [7, 11) is 0. The first-order valence-electron chi connectivity index (χ1n) is 4.47. The first-order chi connectivity index (χ1) is 7.75. The van der Waals surface area contributed by atoms with Crippen LogP contribution >= 0.6 is 23.3 Å². The maximum absolute atomic E-state index is 10.8. The molecule has 4 nitrogen and oxygen atoms in total. The van der Waals surface area contributed by atoms with Gasteiger partial charge in [-0.1, -0.05) is 23.9 Å². The summed E-state index contributed by atoms with van der Waals surface area (Å²) >= 11 is 2.89. The third-order valence-electron chi connectivity index (χ3n) is 1.88. The van der Waals surface area contributed by atoms with E-state index in [2.05, 4.69) is 9.36 Å². The van der Waals surface area contributed by atoms with Crippen LogP contribution in [0.5, 0.6) is 0 Å². The molecule has 0 spiro atoms. The van der Waals surface area contributed by atoms with E-state index in [9.17, 15) is 4.79 Å². The van der Waals surface area contributed by atoms with Crippen molar-refractivity contribution in [2.24, 2.45) is 0 Å². The molecule has 0 amide bonds. The van der Waals surface area contributed by atoms with Gasteiger partial charge >= 0.3 is 5.97 Å².